The molecule has 21 heavy (non-hydrogen) atoms. The van der Waals surface area contributed by atoms with Crippen LogP contribution in [0.1, 0.15) is 16.1 Å². The zero-order valence-corrected chi connectivity index (χ0v) is 11.3. The van der Waals surface area contributed by atoms with E-state index in [1.807, 2.05) is 0 Å². The van der Waals surface area contributed by atoms with Crippen LogP contribution in [0.3, 0.4) is 0 Å². The second-order valence-electron chi connectivity index (χ2n) is 4.44. The first kappa shape index (κ1) is 14.7. The first-order valence-corrected chi connectivity index (χ1v) is 6.37. The second kappa shape index (κ2) is 6.62. The van der Waals surface area contributed by atoms with Gasteiger partial charge in [-0.2, -0.15) is 0 Å². The van der Waals surface area contributed by atoms with Gasteiger partial charge in [-0.15, -0.1) is 5.10 Å². The molecular weight excluding hydrogens is 272 g/mol. The van der Waals surface area contributed by atoms with Crippen molar-refractivity contribution in [3.05, 3.63) is 41.7 Å². The lowest BCUT2D eigenvalue weighted by molar-refractivity contribution is -0.116. The Morgan fingerprint density at radius 2 is 1.95 bits per heavy atom. The molecule has 0 aliphatic rings. The van der Waals surface area contributed by atoms with E-state index in [-0.39, 0.29) is 12.5 Å². The van der Waals surface area contributed by atoms with E-state index in [0.717, 1.165) is 5.69 Å². The number of rotatable bonds is 6. The number of primary amides is 1. The molecular formula is C13H16N6O2. The SMILES string of the molecule is NCCc1cn(CC(=O)Nc2ccc(C(N)=O)cc2)nn1. The van der Waals surface area contributed by atoms with Crippen molar-refractivity contribution in [2.24, 2.45) is 11.5 Å². The van der Waals surface area contributed by atoms with Gasteiger partial charge in [-0.3, -0.25) is 9.59 Å². The molecule has 5 N–H and O–H groups in total. The summed E-state index contributed by atoms with van der Waals surface area (Å²) < 4.78 is 1.44. The maximum atomic E-state index is 11.9. The first-order chi connectivity index (χ1) is 10.1. The van der Waals surface area contributed by atoms with Crippen molar-refractivity contribution in [1.82, 2.24) is 15.0 Å². The summed E-state index contributed by atoms with van der Waals surface area (Å²) >= 11 is 0. The fourth-order valence-electron chi connectivity index (χ4n) is 1.74. The number of nitrogens with two attached hydrogens (primary N) is 2. The first-order valence-electron chi connectivity index (χ1n) is 6.37. The topological polar surface area (TPSA) is 129 Å². The molecule has 0 saturated carbocycles. The van der Waals surface area contributed by atoms with Gasteiger partial charge in [0.2, 0.25) is 11.8 Å². The fraction of sp³-hybridized carbons (Fsp3) is 0.231. The molecule has 8 nitrogen and oxygen atoms in total. The molecule has 0 saturated heterocycles. The minimum absolute atomic E-state index is 0.0507. The molecule has 1 heterocycles. The molecule has 0 fully saturated rings. The van der Waals surface area contributed by atoms with Gasteiger partial charge in [-0.05, 0) is 30.8 Å². The number of carbonyl (C=O) groups excluding carboxylic acids is 2. The summed E-state index contributed by atoms with van der Waals surface area (Å²) in [6.45, 7) is 0.534. The van der Waals surface area contributed by atoms with Gasteiger partial charge >= 0.3 is 0 Å². The van der Waals surface area contributed by atoms with Crippen molar-refractivity contribution in [2.45, 2.75) is 13.0 Å². The van der Waals surface area contributed by atoms with Crippen molar-refractivity contribution in [2.75, 3.05) is 11.9 Å². The summed E-state index contributed by atoms with van der Waals surface area (Å²) in [6, 6.07) is 6.32. The van der Waals surface area contributed by atoms with Crippen LogP contribution >= 0.6 is 0 Å². The predicted octanol–water partition coefficient (Wildman–Crippen LogP) is -0.483. The van der Waals surface area contributed by atoms with Crippen molar-refractivity contribution < 1.29 is 9.59 Å². The quantitative estimate of drug-likeness (QED) is 0.661. The van der Waals surface area contributed by atoms with E-state index in [1.165, 1.54) is 4.68 Å². The third kappa shape index (κ3) is 4.11. The van der Waals surface area contributed by atoms with E-state index in [4.69, 9.17) is 11.5 Å². The summed E-state index contributed by atoms with van der Waals surface area (Å²) in [6.07, 6.45) is 2.30. The van der Waals surface area contributed by atoms with E-state index in [1.54, 1.807) is 30.5 Å². The minimum atomic E-state index is -0.511. The Hall–Kier alpha value is -2.74. The number of nitrogens with one attached hydrogen (secondary N) is 1. The Bertz CT molecular complexity index is 634. The molecule has 1 aromatic carbocycles. The van der Waals surface area contributed by atoms with Crippen LogP contribution in [0.4, 0.5) is 5.69 Å². The summed E-state index contributed by atoms with van der Waals surface area (Å²) in [5.74, 6) is -0.756. The molecule has 0 aliphatic carbocycles. The molecule has 2 rings (SSSR count). The predicted molar refractivity (Wildman–Crippen MR) is 76.4 cm³/mol. The van der Waals surface area contributed by atoms with Crippen molar-refractivity contribution in [1.29, 1.82) is 0 Å². The van der Waals surface area contributed by atoms with Crippen LogP contribution in [-0.2, 0) is 17.8 Å². The molecule has 0 spiro atoms. The lowest BCUT2D eigenvalue weighted by Gasteiger charge is -2.05. The fourth-order valence-corrected chi connectivity index (χ4v) is 1.74. The van der Waals surface area contributed by atoms with Gasteiger partial charge < -0.3 is 16.8 Å². The highest BCUT2D eigenvalue weighted by atomic mass is 16.2. The van der Waals surface area contributed by atoms with Crippen LogP contribution in [0.2, 0.25) is 0 Å². The molecule has 110 valence electrons. The van der Waals surface area contributed by atoms with E-state index in [2.05, 4.69) is 15.6 Å². The lowest BCUT2D eigenvalue weighted by atomic mass is 10.2. The highest BCUT2D eigenvalue weighted by molar-refractivity contribution is 5.94. The lowest BCUT2D eigenvalue weighted by Crippen LogP contribution is -2.19. The Kier molecular flexibility index (Phi) is 4.62. The monoisotopic (exact) mass is 288 g/mol. The van der Waals surface area contributed by atoms with Crippen molar-refractivity contribution in [3.8, 4) is 0 Å². The van der Waals surface area contributed by atoms with E-state index >= 15 is 0 Å². The Balaban J connectivity index is 1.92. The smallest absolute Gasteiger partial charge is 0.248 e. The number of anilines is 1. The molecule has 0 unspecified atom stereocenters. The largest absolute Gasteiger partial charge is 0.366 e. The summed E-state index contributed by atoms with van der Waals surface area (Å²) in [5.41, 5.74) is 12.3. The number of benzene rings is 1. The molecule has 0 bridgehead atoms. The maximum absolute atomic E-state index is 11.9. The molecule has 0 aliphatic heterocycles. The number of hydrogen-bond acceptors (Lipinski definition) is 5. The van der Waals surface area contributed by atoms with Gasteiger partial charge in [0.05, 0.1) is 5.69 Å². The van der Waals surface area contributed by atoms with Crippen LogP contribution in [0.25, 0.3) is 0 Å². The minimum Gasteiger partial charge on any atom is -0.366 e. The number of carbonyl (C=O) groups is 2. The number of aromatic nitrogens is 3. The summed E-state index contributed by atoms with van der Waals surface area (Å²) in [4.78, 5) is 22.8. The van der Waals surface area contributed by atoms with Gasteiger partial charge in [-0.1, -0.05) is 5.21 Å². The average molecular weight is 288 g/mol. The zero-order valence-electron chi connectivity index (χ0n) is 11.3. The highest BCUT2D eigenvalue weighted by Gasteiger charge is 2.07. The third-order valence-corrected chi connectivity index (χ3v) is 2.75. The zero-order chi connectivity index (χ0) is 15.2. The van der Waals surface area contributed by atoms with Crippen molar-refractivity contribution >= 4 is 17.5 Å². The van der Waals surface area contributed by atoms with Crippen molar-refractivity contribution in [3.63, 3.8) is 0 Å². The molecule has 2 amide bonds. The van der Waals surface area contributed by atoms with E-state index < -0.39 is 5.91 Å². The molecule has 1 aromatic heterocycles. The number of nitrogens with zero attached hydrogens (tertiary/aromatic N) is 3. The van der Waals surface area contributed by atoms with Crippen LogP contribution < -0.4 is 16.8 Å². The van der Waals surface area contributed by atoms with E-state index in [9.17, 15) is 9.59 Å². The summed E-state index contributed by atoms with van der Waals surface area (Å²) in [5, 5.41) is 10.4. The maximum Gasteiger partial charge on any atom is 0.248 e. The Morgan fingerprint density at radius 1 is 1.24 bits per heavy atom. The molecule has 2 aromatic rings. The second-order valence-corrected chi connectivity index (χ2v) is 4.44. The van der Waals surface area contributed by atoms with Crippen LogP contribution in [0, 0.1) is 0 Å². The van der Waals surface area contributed by atoms with Gasteiger partial charge in [0.25, 0.3) is 0 Å². The highest BCUT2D eigenvalue weighted by Crippen LogP contribution is 2.09. The Labute approximate surface area is 121 Å². The van der Waals surface area contributed by atoms with Crippen LogP contribution in [0.5, 0.6) is 0 Å². The third-order valence-electron chi connectivity index (χ3n) is 2.75. The average Bonchev–Trinajstić information content (AvgIpc) is 2.87. The van der Waals surface area contributed by atoms with Gasteiger partial charge in [-0.25, -0.2) is 4.68 Å². The standard InChI is InChI=1S/C13H16N6O2/c14-6-5-11-7-19(18-17-11)8-12(20)16-10-3-1-9(2-4-10)13(15)21/h1-4,7H,5-6,8,14H2,(H2,15,21)(H,16,20). The summed E-state index contributed by atoms with van der Waals surface area (Å²) in [7, 11) is 0. The van der Waals surface area contributed by atoms with Gasteiger partial charge in [0.15, 0.2) is 0 Å². The van der Waals surface area contributed by atoms with Gasteiger partial charge in [0, 0.05) is 23.9 Å². The van der Waals surface area contributed by atoms with E-state index in [0.29, 0.717) is 24.2 Å². The van der Waals surface area contributed by atoms with Gasteiger partial charge in [0.1, 0.15) is 6.54 Å². The van der Waals surface area contributed by atoms with Crippen LogP contribution in [0.15, 0.2) is 30.5 Å². The number of hydrogen-bond donors (Lipinski definition) is 3. The number of amides is 2. The molecule has 0 atom stereocenters. The Morgan fingerprint density at radius 3 is 2.57 bits per heavy atom. The molecule has 8 heteroatoms. The van der Waals surface area contributed by atoms with Crippen LogP contribution in [-0.4, -0.2) is 33.4 Å². The molecule has 0 radical (unpaired) electrons. The normalized spacial score (nSPS) is 10.3.